The number of hydrogen-bond donors (Lipinski definition) is 1. The van der Waals surface area contributed by atoms with Crippen LogP contribution in [0.3, 0.4) is 0 Å². The van der Waals surface area contributed by atoms with Crippen LogP contribution in [0.25, 0.3) is 0 Å². The van der Waals surface area contributed by atoms with E-state index in [1.54, 1.807) is 6.07 Å². The molecule has 0 heterocycles. The number of aliphatic hydroxyl groups is 1. The topological polar surface area (TPSA) is 20.2 Å². The van der Waals surface area contributed by atoms with E-state index in [0.717, 1.165) is 24.0 Å². The normalized spacial score (nSPS) is 18.2. The Morgan fingerprint density at radius 1 is 1.43 bits per heavy atom. The Labute approximate surface area is 83.6 Å². The summed E-state index contributed by atoms with van der Waals surface area (Å²) in [5.41, 5.74) is 2.44. The summed E-state index contributed by atoms with van der Waals surface area (Å²) in [6.07, 6.45) is 2.44. The fourth-order valence-electron chi connectivity index (χ4n) is 1.67. The van der Waals surface area contributed by atoms with Crippen molar-refractivity contribution in [1.29, 1.82) is 0 Å². The van der Waals surface area contributed by atoms with Gasteiger partial charge in [-0.3, -0.25) is 0 Å². The summed E-state index contributed by atoms with van der Waals surface area (Å²) in [5.74, 6) is 0. The third kappa shape index (κ3) is 1.95. The first-order valence-electron chi connectivity index (χ1n) is 5.00. The van der Waals surface area contributed by atoms with Gasteiger partial charge >= 0.3 is 0 Å². The van der Waals surface area contributed by atoms with Gasteiger partial charge in [0.25, 0.3) is 0 Å². The van der Waals surface area contributed by atoms with Crippen molar-refractivity contribution in [2.75, 3.05) is 0 Å². The second-order valence-electron chi connectivity index (χ2n) is 4.30. The standard InChI is InChI=1S/C12H15FO/c1-9-2-3-10(8-13)6-11(9)7-12(14)4-5-12/h2-3,6,14H,4-5,7-8H2,1H3. The van der Waals surface area contributed by atoms with Gasteiger partial charge in [-0.05, 0) is 36.5 Å². The second-order valence-corrected chi connectivity index (χ2v) is 4.30. The van der Waals surface area contributed by atoms with E-state index in [1.165, 1.54) is 0 Å². The number of rotatable bonds is 3. The molecule has 0 radical (unpaired) electrons. The molecule has 1 nitrogen and oxygen atoms in total. The third-order valence-corrected chi connectivity index (χ3v) is 2.91. The van der Waals surface area contributed by atoms with E-state index in [4.69, 9.17) is 0 Å². The van der Waals surface area contributed by atoms with E-state index in [2.05, 4.69) is 0 Å². The Balaban J connectivity index is 2.22. The lowest BCUT2D eigenvalue weighted by atomic mass is 9.99. The van der Waals surface area contributed by atoms with Crippen LogP contribution in [0.15, 0.2) is 18.2 Å². The fourth-order valence-corrected chi connectivity index (χ4v) is 1.67. The van der Waals surface area contributed by atoms with Gasteiger partial charge in [0.15, 0.2) is 0 Å². The average Bonchev–Trinajstić information content (AvgIpc) is 2.88. The number of hydrogen-bond acceptors (Lipinski definition) is 1. The Morgan fingerprint density at radius 3 is 2.71 bits per heavy atom. The predicted octanol–water partition coefficient (Wildman–Crippen LogP) is 2.53. The highest BCUT2D eigenvalue weighted by atomic mass is 19.1. The predicted molar refractivity (Wildman–Crippen MR) is 53.9 cm³/mol. The first-order chi connectivity index (χ1) is 6.63. The molecule has 0 spiro atoms. The van der Waals surface area contributed by atoms with E-state index < -0.39 is 12.3 Å². The summed E-state index contributed by atoms with van der Waals surface area (Å²) >= 11 is 0. The molecule has 0 bridgehead atoms. The maximum Gasteiger partial charge on any atom is 0.115 e. The van der Waals surface area contributed by atoms with Crippen LogP contribution in [0.4, 0.5) is 4.39 Å². The lowest BCUT2D eigenvalue weighted by Gasteiger charge is -2.11. The zero-order valence-corrected chi connectivity index (χ0v) is 8.39. The van der Waals surface area contributed by atoms with Crippen LogP contribution < -0.4 is 0 Å². The number of aryl methyl sites for hydroxylation is 1. The van der Waals surface area contributed by atoms with Crippen molar-refractivity contribution in [3.63, 3.8) is 0 Å². The van der Waals surface area contributed by atoms with Gasteiger partial charge in [-0.15, -0.1) is 0 Å². The molecule has 1 aromatic carbocycles. The molecule has 76 valence electrons. The summed E-state index contributed by atoms with van der Waals surface area (Å²) in [6.45, 7) is 1.58. The SMILES string of the molecule is Cc1ccc(CF)cc1CC1(O)CC1. The summed E-state index contributed by atoms with van der Waals surface area (Å²) in [4.78, 5) is 0. The monoisotopic (exact) mass is 194 g/mol. The Morgan fingerprint density at radius 2 is 2.14 bits per heavy atom. The van der Waals surface area contributed by atoms with Crippen LogP contribution in [0, 0.1) is 6.92 Å². The van der Waals surface area contributed by atoms with E-state index in [9.17, 15) is 9.50 Å². The molecule has 1 aliphatic carbocycles. The maximum atomic E-state index is 12.4. The smallest absolute Gasteiger partial charge is 0.115 e. The van der Waals surface area contributed by atoms with Gasteiger partial charge in [0, 0.05) is 6.42 Å². The van der Waals surface area contributed by atoms with Crippen LogP contribution in [0.2, 0.25) is 0 Å². The van der Waals surface area contributed by atoms with Crippen molar-refractivity contribution in [3.05, 3.63) is 34.9 Å². The lowest BCUT2D eigenvalue weighted by Crippen LogP contribution is -2.11. The highest BCUT2D eigenvalue weighted by Crippen LogP contribution is 2.38. The van der Waals surface area contributed by atoms with Crippen molar-refractivity contribution in [3.8, 4) is 0 Å². The molecule has 14 heavy (non-hydrogen) atoms. The minimum Gasteiger partial charge on any atom is -0.390 e. The number of halogens is 1. The van der Waals surface area contributed by atoms with E-state index in [-0.39, 0.29) is 0 Å². The zero-order valence-electron chi connectivity index (χ0n) is 8.39. The molecule has 2 heteroatoms. The van der Waals surface area contributed by atoms with Gasteiger partial charge in [0.2, 0.25) is 0 Å². The van der Waals surface area contributed by atoms with E-state index >= 15 is 0 Å². The molecule has 0 aromatic heterocycles. The summed E-state index contributed by atoms with van der Waals surface area (Å²) in [7, 11) is 0. The highest BCUT2D eigenvalue weighted by molar-refractivity contribution is 5.32. The molecule has 2 rings (SSSR count). The molecule has 0 unspecified atom stereocenters. The van der Waals surface area contributed by atoms with Gasteiger partial charge in [-0.1, -0.05) is 18.2 Å². The molecular formula is C12H15FO. The Bertz CT molecular complexity index is 342. The zero-order chi connectivity index (χ0) is 10.2. The third-order valence-electron chi connectivity index (χ3n) is 2.91. The first kappa shape index (κ1) is 9.66. The Hall–Kier alpha value is -0.890. The van der Waals surface area contributed by atoms with Crippen molar-refractivity contribution in [2.24, 2.45) is 0 Å². The van der Waals surface area contributed by atoms with Crippen LogP contribution in [-0.2, 0) is 13.1 Å². The largest absolute Gasteiger partial charge is 0.390 e. The summed E-state index contributed by atoms with van der Waals surface area (Å²) in [5, 5.41) is 9.78. The van der Waals surface area contributed by atoms with Crippen LogP contribution >= 0.6 is 0 Å². The highest BCUT2D eigenvalue weighted by Gasteiger charge is 2.40. The van der Waals surface area contributed by atoms with Crippen molar-refractivity contribution < 1.29 is 9.50 Å². The maximum absolute atomic E-state index is 12.4. The van der Waals surface area contributed by atoms with Crippen LogP contribution in [-0.4, -0.2) is 10.7 Å². The molecule has 0 aliphatic heterocycles. The van der Waals surface area contributed by atoms with Gasteiger partial charge < -0.3 is 5.11 Å². The van der Waals surface area contributed by atoms with E-state index in [1.807, 2.05) is 19.1 Å². The summed E-state index contributed by atoms with van der Waals surface area (Å²) in [6, 6.07) is 5.59. The molecule has 1 saturated carbocycles. The van der Waals surface area contributed by atoms with E-state index in [0.29, 0.717) is 12.0 Å². The molecule has 0 amide bonds. The first-order valence-corrected chi connectivity index (χ1v) is 5.00. The number of benzene rings is 1. The number of alkyl halides is 1. The molecule has 1 aromatic rings. The summed E-state index contributed by atoms with van der Waals surface area (Å²) < 4.78 is 12.4. The van der Waals surface area contributed by atoms with Crippen molar-refractivity contribution in [2.45, 2.75) is 38.5 Å². The Kier molecular flexibility index (Phi) is 2.31. The van der Waals surface area contributed by atoms with Crippen LogP contribution in [0.1, 0.15) is 29.5 Å². The van der Waals surface area contributed by atoms with Crippen LogP contribution in [0.5, 0.6) is 0 Å². The quantitative estimate of drug-likeness (QED) is 0.784. The van der Waals surface area contributed by atoms with Gasteiger partial charge in [0.1, 0.15) is 6.67 Å². The second kappa shape index (κ2) is 3.35. The van der Waals surface area contributed by atoms with Crippen molar-refractivity contribution in [1.82, 2.24) is 0 Å². The van der Waals surface area contributed by atoms with Gasteiger partial charge in [-0.2, -0.15) is 0 Å². The fraction of sp³-hybridized carbons (Fsp3) is 0.500. The minimum atomic E-state index is -0.486. The van der Waals surface area contributed by atoms with Gasteiger partial charge in [0.05, 0.1) is 5.60 Å². The molecular weight excluding hydrogens is 179 g/mol. The molecule has 1 fully saturated rings. The van der Waals surface area contributed by atoms with Crippen molar-refractivity contribution >= 4 is 0 Å². The lowest BCUT2D eigenvalue weighted by molar-refractivity contribution is 0.150. The minimum absolute atomic E-state index is 0.425. The molecule has 0 saturated heterocycles. The molecule has 0 atom stereocenters. The molecule has 1 aliphatic rings. The van der Waals surface area contributed by atoms with Gasteiger partial charge in [-0.25, -0.2) is 4.39 Å². The average molecular weight is 194 g/mol. The molecule has 1 N–H and O–H groups in total.